The van der Waals surface area contributed by atoms with Crippen LogP contribution in [0.3, 0.4) is 0 Å². The van der Waals surface area contributed by atoms with Crippen LogP contribution in [0.5, 0.6) is 0 Å². The van der Waals surface area contributed by atoms with Crippen molar-refractivity contribution >= 4 is 27.8 Å². The van der Waals surface area contributed by atoms with E-state index < -0.39 is 0 Å². The molecule has 0 radical (unpaired) electrons. The van der Waals surface area contributed by atoms with Crippen LogP contribution in [0.25, 0.3) is 10.6 Å². The predicted molar refractivity (Wildman–Crippen MR) is 82.5 cm³/mol. The Morgan fingerprint density at radius 2 is 2.00 bits per heavy atom. The molecular weight excluding hydrogens is 274 g/mol. The number of thiophene rings is 1. The summed E-state index contributed by atoms with van der Waals surface area (Å²) in [5.74, 6) is 0. The second-order valence-corrected chi connectivity index (χ2v) is 7.31. The number of piperazine rings is 1. The Labute approximate surface area is 121 Å². The smallest absolute Gasteiger partial charge is 0.186 e. The average Bonchev–Trinajstić information content (AvgIpc) is 3.04. The SMILES string of the molecule is CN1CCN(c2nc3c(s2)CCc2ccsc2-3)CC1. The van der Waals surface area contributed by atoms with E-state index in [1.807, 2.05) is 22.7 Å². The van der Waals surface area contributed by atoms with Gasteiger partial charge in [-0.05, 0) is 36.9 Å². The molecule has 3 heterocycles. The number of rotatable bonds is 1. The van der Waals surface area contributed by atoms with Crippen LogP contribution in [-0.4, -0.2) is 43.1 Å². The fourth-order valence-corrected chi connectivity index (χ4v) is 4.96. The maximum Gasteiger partial charge on any atom is 0.186 e. The molecule has 5 heteroatoms. The predicted octanol–water partition coefficient (Wildman–Crippen LogP) is 2.72. The minimum Gasteiger partial charge on any atom is -0.346 e. The molecule has 0 N–H and O–H groups in total. The molecule has 19 heavy (non-hydrogen) atoms. The summed E-state index contributed by atoms with van der Waals surface area (Å²) in [6.45, 7) is 4.52. The third-order valence-electron chi connectivity index (χ3n) is 4.04. The summed E-state index contributed by atoms with van der Waals surface area (Å²) in [5.41, 5.74) is 2.77. The second-order valence-electron chi connectivity index (χ2n) is 5.33. The number of aromatic nitrogens is 1. The van der Waals surface area contributed by atoms with Crippen molar-refractivity contribution < 1.29 is 0 Å². The standard InChI is InChI=1S/C14H17N3S2/c1-16-5-7-17(8-6-16)14-15-12-11(19-14)3-2-10-4-9-18-13(10)12/h4,9H,2-3,5-8H2,1H3. The molecule has 0 unspecified atom stereocenters. The monoisotopic (exact) mass is 291 g/mol. The maximum atomic E-state index is 4.95. The lowest BCUT2D eigenvalue weighted by Crippen LogP contribution is -2.44. The molecule has 0 aromatic carbocycles. The number of likely N-dealkylation sites (N-methyl/N-ethyl adjacent to an activating group) is 1. The van der Waals surface area contributed by atoms with Crippen molar-refractivity contribution in [3.63, 3.8) is 0 Å². The molecule has 2 aliphatic rings. The van der Waals surface area contributed by atoms with E-state index in [-0.39, 0.29) is 0 Å². The van der Waals surface area contributed by atoms with Gasteiger partial charge in [-0.2, -0.15) is 0 Å². The lowest BCUT2D eigenvalue weighted by atomic mass is 10.0. The second kappa shape index (κ2) is 4.58. The lowest BCUT2D eigenvalue weighted by molar-refractivity contribution is 0.313. The molecular formula is C14H17N3S2. The number of hydrogen-bond donors (Lipinski definition) is 0. The fraction of sp³-hybridized carbons (Fsp3) is 0.500. The van der Waals surface area contributed by atoms with E-state index in [0.29, 0.717) is 0 Å². The Morgan fingerprint density at radius 1 is 1.16 bits per heavy atom. The Bertz CT molecular complexity index is 594. The number of anilines is 1. The molecule has 0 bridgehead atoms. The van der Waals surface area contributed by atoms with E-state index in [2.05, 4.69) is 28.3 Å². The Kier molecular flexibility index (Phi) is 2.86. The van der Waals surface area contributed by atoms with Crippen LogP contribution in [0, 0.1) is 0 Å². The average molecular weight is 291 g/mol. The molecule has 0 saturated carbocycles. The van der Waals surface area contributed by atoms with E-state index in [1.54, 1.807) is 0 Å². The summed E-state index contributed by atoms with van der Waals surface area (Å²) in [4.78, 5) is 12.7. The van der Waals surface area contributed by atoms with Gasteiger partial charge in [0.05, 0.1) is 10.6 Å². The van der Waals surface area contributed by atoms with Gasteiger partial charge in [-0.15, -0.1) is 22.7 Å². The molecule has 2 aromatic rings. The van der Waals surface area contributed by atoms with E-state index >= 15 is 0 Å². The van der Waals surface area contributed by atoms with Crippen LogP contribution in [0.1, 0.15) is 10.4 Å². The van der Waals surface area contributed by atoms with Gasteiger partial charge in [0.25, 0.3) is 0 Å². The van der Waals surface area contributed by atoms with Crippen LogP contribution >= 0.6 is 22.7 Å². The van der Waals surface area contributed by atoms with Gasteiger partial charge in [0, 0.05) is 31.1 Å². The first-order valence-electron chi connectivity index (χ1n) is 6.81. The molecule has 1 fully saturated rings. The number of hydrogen-bond acceptors (Lipinski definition) is 5. The molecule has 1 aliphatic heterocycles. The Balaban J connectivity index is 1.67. The van der Waals surface area contributed by atoms with Crippen LogP contribution < -0.4 is 4.90 Å². The highest BCUT2D eigenvalue weighted by molar-refractivity contribution is 7.17. The van der Waals surface area contributed by atoms with E-state index in [9.17, 15) is 0 Å². The van der Waals surface area contributed by atoms with Gasteiger partial charge in [-0.25, -0.2) is 4.98 Å². The largest absolute Gasteiger partial charge is 0.346 e. The highest BCUT2D eigenvalue weighted by Gasteiger charge is 2.25. The highest BCUT2D eigenvalue weighted by atomic mass is 32.1. The minimum absolute atomic E-state index is 1.11. The maximum absolute atomic E-state index is 4.95. The first kappa shape index (κ1) is 11.9. The van der Waals surface area contributed by atoms with Crippen molar-refractivity contribution in [1.29, 1.82) is 0 Å². The summed E-state index contributed by atoms with van der Waals surface area (Å²) in [6.07, 6.45) is 2.36. The number of aryl methyl sites for hydroxylation is 2. The lowest BCUT2D eigenvalue weighted by Gasteiger charge is -2.32. The zero-order valence-electron chi connectivity index (χ0n) is 11.1. The Hall–Kier alpha value is -0.910. The normalized spacial score (nSPS) is 19.3. The van der Waals surface area contributed by atoms with Crippen molar-refractivity contribution in [2.24, 2.45) is 0 Å². The first-order chi connectivity index (χ1) is 9.31. The first-order valence-corrected chi connectivity index (χ1v) is 8.51. The van der Waals surface area contributed by atoms with Gasteiger partial charge in [0.15, 0.2) is 5.13 Å². The molecule has 0 spiro atoms. The highest BCUT2D eigenvalue weighted by Crippen LogP contribution is 2.41. The van der Waals surface area contributed by atoms with E-state index in [1.165, 1.54) is 39.0 Å². The summed E-state index contributed by atoms with van der Waals surface area (Å²) in [6, 6.07) is 2.26. The molecule has 3 nitrogen and oxygen atoms in total. The van der Waals surface area contributed by atoms with Gasteiger partial charge in [-0.3, -0.25) is 0 Å². The van der Waals surface area contributed by atoms with Gasteiger partial charge < -0.3 is 9.80 Å². The van der Waals surface area contributed by atoms with Crippen molar-refractivity contribution in [3.8, 4) is 10.6 Å². The van der Waals surface area contributed by atoms with Crippen LogP contribution in [0.15, 0.2) is 11.4 Å². The molecule has 2 aromatic heterocycles. The number of fused-ring (bicyclic) bond motifs is 3. The van der Waals surface area contributed by atoms with Crippen molar-refractivity contribution in [3.05, 3.63) is 21.9 Å². The van der Waals surface area contributed by atoms with Gasteiger partial charge >= 0.3 is 0 Å². The number of thiazole rings is 1. The fourth-order valence-electron chi connectivity index (χ4n) is 2.81. The van der Waals surface area contributed by atoms with Crippen LogP contribution in [0.4, 0.5) is 5.13 Å². The molecule has 0 amide bonds. The third-order valence-corrected chi connectivity index (χ3v) is 6.18. The third kappa shape index (κ3) is 2.00. The molecule has 100 valence electrons. The van der Waals surface area contributed by atoms with Gasteiger partial charge in [-0.1, -0.05) is 0 Å². The van der Waals surface area contributed by atoms with Crippen LogP contribution in [0.2, 0.25) is 0 Å². The minimum atomic E-state index is 1.11. The summed E-state index contributed by atoms with van der Waals surface area (Å²) in [5, 5.41) is 3.44. The van der Waals surface area contributed by atoms with Crippen molar-refractivity contribution in [2.45, 2.75) is 12.8 Å². The van der Waals surface area contributed by atoms with Gasteiger partial charge in [0.1, 0.15) is 0 Å². The summed E-state index contributed by atoms with van der Waals surface area (Å²) < 4.78 is 0. The molecule has 4 rings (SSSR count). The van der Waals surface area contributed by atoms with E-state index in [0.717, 1.165) is 26.2 Å². The summed E-state index contributed by atoms with van der Waals surface area (Å²) in [7, 11) is 2.20. The number of nitrogens with zero attached hydrogens (tertiary/aromatic N) is 3. The van der Waals surface area contributed by atoms with Crippen LogP contribution in [-0.2, 0) is 12.8 Å². The molecule has 0 atom stereocenters. The topological polar surface area (TPSA) is 19.4 Å². The zero-order chi connectivity index (χ0) is 12.8. The van der Waals surface area contributed by atoms with E-state index in [4.69, 9.17) is 4.98 Å². The van der Waals surface area contributed by atoms with Crippen molar-refractivity contribution in [1.82, 2.24) is 9.88 Å². The zero-order valence-corrected chi connectivity index (χ0v) is 12.7. The van der Waals surface area contributed by atoms with Gasteiger partial charge in [0.2, 0.25) is 0 Å². The molecule has 1 saturated heterocycles. The Morgan fingerprint density at radius 3 is 2.84 bits per heavy atom. The molecule has 1 aliphatic carbocycles. The quantitative estimate of drug-likeness (QED) is 0.805. The van der Waals surface area contributed by atoms with Crippen molar-refractivity contribution in [2.75, 3.05) is 38.1 Å². The summed E-state index contributed by atoms with van der Waals surface area (Å²) >= 11 is 3.76.